The van der Waals surface area contributed by atoms with Gasteiger partial charge in [-0.15, -0.1) is 0 Å². The molecule has 2 aliphatic rings. The molecule has 2 heterocycles. The minimum Gasteiger partial charge on any atom is -0.544 e. The van der Waals surface area contributed by atoms with Gasteiger partial charge < -0.3 is 19.8 Å². The third-order valence-electron chi connectivity index (χ3n) is 2.39. The van der Waals surface area contributed by atoms with Crippen LogP contribution in [0.4, 0.5) is 0 Å². The molecule has 2 aliphatic heterocycles. The molecule has 0 saturated heterocycles. The van der Waals surface area contributed by atoms with Crippen LogP contribution in [0.1, 0.15) is 0 Å². The Kier molecular flexibility index (Phi) is 10.0. The maximum atomic E-state index is 11.0. The van der Waals surface area contributed by atoms with Gasteiger partial charge >= 0.3 is 103 Å². The quantitative estimate of drug-likeness (QED) is 0.443. The van der Waals surface area contributed by atoms with Gasteiger partial charge in [0.15, 0.2) is 0 Å². The zero-order valence-electron chi connectivity index (χ0n) is 11.6. The molecular weight excluding hydrogens is 415 g/mol. The van der Waals surface area contributed by atoms with Crippen molar-refractivity contribution < 1.29 is 123 Å². The van der Waals surface area contributed by atoms with Gasteiger partial charge in [-0.25, -0.2) is 0 Å². The molecular formula is C12H4K2O4S4. The third-order valence-corrected chi connectivity index (χ3v) is 8.02. The number of thioether (sulfide) groups is 4. The number of carbonyl (C=O) groups is 2. The van der Waals surface area contributed by atoms with Crippen molar-refractivity contribution >= 4 is 59.0 Å². The SMILES string of the molecule is O=C([O-])C1=C(C(=O)[O-])SC(=C2Sc3ccccc3S2)S1.[K+].[K+]. The van der Waals surface area contributed by atoms with E-state index in [0.29, 0.717) is 4.24 Å². The zero-order valence-corrected chi connectivity index (χ0v) is 21.1. The average molecular weight is 419 g/mol. The van der Waals surface area contributed by atoms with Crippen molar-refractivity contribution in [3.8, 4) is 0 Å². The second kappa shape index (κ2) is 9.86. The fourth-order valence-corrected chi connectivity index (χ4v) is 6.70. The van der Waals surface area contributed by atoms with E-state index in [1.54, 1.807) is 0 Å². The Morgan fingerprint density at radius 1 is 0.727 bits per heavy atom. The van der Waals surface area contributed by atoms with Gasteiger partial charge in [0, 0.05) is 9.79 Å². The molecule has 0 bridgehead atoms. The van der Waals surface area contributed by atoms with Crippen molar-refractivity contribution in [2.24, 2.45) is 0 Å². The van der Waals surface area contributed by atoms with Gasteiger partial charge in [-0.3, -0.25) is 0 Å². The summed E-state index contributed by atoms with van der Waals surface area (Å²) in [6.45, 7) is 0. The Bertz CT molecular complexity index is 647. The van der Waals surface area contributed by atoms with E-state index in [1.807, 2.05) is 24.3 Å². The number of rotatable bonds is 2. The fourth-order valence-electron chi connectivity index (χ4n) is 1.57. The van der Waals surface area contributed by atoms with E-state index in [-0.39, 0.29) is 113 Å². The van der Waals surface area contributed by atoms with Crippen LogP contribution in [-0.4, -0.2) is 11.9 Å². The number of carboxylic acids is 2. The van der Waals surface area contributed by atoms with Gasteiger partial charge in [-0.05, 0) is 12.1 Å². The number of aliphatic carboxylic acids is 2. The van der Waals surface area contributed by atoms with E-state index < -0.39 is 11.9 Å². The first-order valence-corrected chi connectivity index (χ1v) is 8.54. The summed E-state index contributed by atoms with van der Waals surface area (Å²) < 4.78 is 1.53. The molecule has 3 rings (SSSR count). The summed E-state index contributed by atoms with van der Waals surface area (Å²) in [5.41, 5.74) is 0. The summed E-state index contributed by atoms with van der Waals surface area (Å²) in [6.07, 6.45) is 0. The molecule has 0 fully saturated rings. The molecule has 10 heteroatoms. The molecule has 0 spiro atoms. The average Bonchev–Trinajstić information content (AvgIpc) is 3.02. The predicted octanol–water partition coefficient (Wildman–Crippen LogP) is -4.79. The second-order valence-corrected chi connectivity index (χ2v) is 8.33. The number of hydrogen-bond acceptors (Lipinski definition) is 8. The van der Waals surface area contributed by atoms with Crippen LogP contribution >= 0.6 is 47.0 Å². The number of carbonyl (C=O) groups excluding carboxylic acids is 2. The molecule has 4 nitrogen and oxygen atoms in total. The number of hydrogen-bond donors (Lipinski definition) is 0. The van der Waals surface area contributed by atoms with Crippen LogP contribution in [0.5, 0.6) is 0 Å². The first kappa shape index (κ1) is 22.4. The van der Waals surface area contributed by atoms with Crippen LogP contribution in [0.3, 0.4) is 0 Å². The molecule has 0 aliphatic carbocycles. The smallest absolute Gasteiger partial charge is 0.544 e. The van der Waals surface area contributed by atoms with Gasteiger partial charge in [0.2, 0.25) is 0 Å². The summed E-state index contributed by atoms with van der Waals surface area (Å²) >= 11 is 4.86. The van der Waals surface area contributed by atoms with Crippen LogP contribution in [0.25, 0.3) is 0 Å². The van der Waals surface area contributed by atoms with Crippen molar-refractivity contribution in [1.29, 1.82) is 0 Å². The van der Waals surface area contributed by atoms with Gasteiger partial charge in [0.05, 0.1) is 30.2 Å². The molecule has 1 aromatic carbocycles. The van der Waals surface area contributed by atoms with E-state index in [4.69, 9.17) is 0 Å². The van der Waals surface area contributed by atoms with Gasteiger partial charge in [-0.2, -0.15) is 0 Å². The fraction of sp³-hybridized carbons (Fsp3) is 0. The molecule has 0 saturated carbocycles. The molecule has 22 heavy (non-hydrogen) atoms. The monoisotopic (exact) mass is 418 g/mol. The van der Waals surface area contributed by atoms with E-state index >= 15 is 0 Å². The minimum absolute atomic E-state index is 0. The Balaban J connectivity index is 0.00000121. The first-order valence-electron chi connectivity index (χ1n) is 5.28. The Morgan fingerprint density at radius 2 is 1.09 bits per heavy atom. The Labute approximate surface area is 228 Å². The number of carboxylic acid groups (broad SMARTS) is 2. The molecule has 0 aromatic heterocycles. The van der Waals surface area contributed by atoms with Crippen molar-refractivity contribution in [3.05, 3.63) is 42.6 Å². The number of fused-ring (bicyclic) bond motifs is 1. The van der Waals surface area contributed by atoms with Gasteiger partial charge in [-0.1, -0.05) is 59.2 Å². The summed E-state index contributed by atoms with van der Waals surface area (Å²) in [4.78, 5) is 23.5. The number of benzene rings is 1. The summed E-state index contributed by atoms with van der Waals surface area (Å²) in [6, 6.07) is 7.79. The first-order chi connectivity index (χ1) is 9.56. The second-order valence-electron chi connectivity index (χ2n) is 3.66. The summed E-state index contributed by atoms with van der Waals surface area (Å²) in [5, 5.41) is 21.9. The van der Waals surface area contributed by atoms with Gasteiger partial charge in [0.25, 0.3) is 0 Å². The van der Waals surface area contributed by atoms with Crippen molar-refractivity contribution in [1.82, 2.24) is 0 Å². The van der Waals surface area contributed by atoms with E-state index in [2.05, 4.69) is 0 Å². The molecule has 102 valence electrons. The van der Waals surface area contributed by atoms with Crippen LogP contribution in [0, 0.1) is 0 Å². The van der Waals surface area contributed by atoms with Crippen molar-refractivity contribution in [2.75, 3.05) is 0 Å². The van der Waals surface area contributed by atoms with E-state index in [0.717, 1.165) is 37.6 Å². The Hall–Kier alpha value is 2.31. The molecule has 0 atom stereocenters. The molecule has 0 N–H and O–H groups in total. The minimum atomic E-state index is -1.48. The van der Waals surface area contributed by atoms with Crippen LogP contribution in [0.2, 0.25) is 0 Å². The Morgan fingerprint density at radius 3 is 1.45 bits per heavy atom. The predicted molar refractivity (Wildman–Crippen MR) is 77.4 cm³/mol. The summed E-state index contributed by atoms with van der Waals surface area (Å²) in [5.74, 6) is -2.97. The zero-order chi connectivity index (χ0) is 14.3. The van der Waals surface area contributed by atoms with E-state index in [9.17, 15) is 19.8 Å². The maximum Gasteiger partial charge on any atom is 1.00 e. The van der Waals surface area contributed by atoms with Crippen LogP contribution < -0.4 is 113 Å². The molecule has 0 radical (unpaired) electrons. The molecule has 0 amide bonds. The topological polar surface area (TPSA) is 80.3 Å². The van der Waals surface area contributed by atoms with E-state index in [1.165, 1.54) is 23.5 Å². The van der Waals surface area contributed by atoms with Gasteiger partial charge in [0.1, 0.15) is 0 Å². The third kappa shape index (κ3) is 4.94. The summed E-state index contributed by atoms with van der Waals surface area (Å²) in [7, 11) is 0. The normalized spacial score (nSPS) is 16.0. The largest absolute Gasteiger partial charge is 1.00 e. The van der Waals surface area contributed by atoms with Crippen molar-refractivity contribution in [2.45, 2.75) is 9.79 Å². The maximum absolute atomic E-state index is 11.0. The molecule has 1 aromatic rings. The standard InChI is InChI=1S/C12H6O4S4.2K/c13-9(14)7-8(10(15)16)20-12(19-7)11-17-5-3-1-2-4-6(5)18-11;;/h1-4H,(H,13,14)(H,15,16);;/q;2*+1/p-2. The molecule has 0 unspecified atom stereocenters. The van der Waals surface area contributed by atoms with Crippen molar-refractivity contribution in [3.63, 3.8) is 0 Å². The van der Waals surface area contributed by atoms with Crippen LogP contribution in [0.15, 0.2) is 52.3 Å². The van der Waals surface area contributed by atoms with Crippen LogP contribution in [-0.2, 0) is 9.59 Å².